The third kappa shape index (κ3) is 5.04. The summed E-state index contributed by atoms with van der Waals surface area (Å²) in [5, 5.41) is 7.33. The van der Waals surface area contributed by atoms with Crippen LogP contribution >= 0.6 is 22.9 Å². The van der Waals surface area contributed by atoms with Gasteiger partial charge in [0.2, 0.25) is 0 Å². The molecule has 2 aromatic rings. The van der Waals surface area contributed by atoms with E-state index in [1.807, 2.05) is 24.3 Å². The standard InChI is InChI=1S/C15H18ClN3OS/c1-19(10-13-6-7-14(16)21-13)8-9-20-12-4-2-11(3-5-12)15(17)18/h2-7H,8-10H2,1H3,(H3,17,18). The molecule has 1 heterocycles. The van der Waals surface area contributed by atoms with Crippen molar-refractivity contribution in [2.45, 2.75) is 6.54 Å². The van der Waals surface area contributed by atoms with Crippen molar-refractivity contribution in [3.63, 3.8) is 0 Å². The third-order valence-electron chi connectivity index (χ3n) is 2.96. The van der Waals surface area contributed by atoms with Crippen LogP contribution in [-0.2, 0) is 6.54 Å². The summed E-state index contributed by atoms with van der Waals surface area (Å²) in [5.41, 5.74) is 6.11. The first-order chi connectivity index (χ1) is 10.0. The topological polar surface area (TPSA) is 62.3 Å². The van der Waals surface area contributed by atoms with Crippen LogP contribution in [0.25, 0.3) is 0 Å². The molecule has 0 radical (unpaired) electrons. The molecule has 0 aliphatic carbocycles. The zero-order valence-electron chi connectivity index (χ0n) is 11.8. The van der Waals surface area contributed by atoms with Gasteiger partial charge in [-0.3, -0.25) is 10.3 Å². The molecule has 0 saturated heterocycles. The highest BCUT2D eigenvalue weighted by Crippen LogP contribution is 2.22. The number of amidine groups is 1. The lowest BCUT2D eigenvalue weighted by Gasteiger charge is -2.16. The molecule has 112 valence electrons. The third-order valence-corrected chi connectivity index (χ3v) is 4.18. The van der Waals surface area contributed by atoms with Crippen molar-refractivity contribution < 1.29 is 4.74 Å². The van der Waals surface area contributed by atoms with E-state index in [0.717, 1.165) is 23.2 Å². The van der Waals surface area contributed by atoms with Crippen LogP contribution in [-0.4, -0.2) is 30.9 Å². The average Bonchev–Trinajstić information content (AvgIpc) is 2.84. The number of benzene rings is 1. The number of thiophene rings is 1. The highest BCUT2D eigenvalue weighted by atomic mass is 35.5. The van der Waals surface area contributed by atoms with E-state index >= 15 is 0 Å². The number of hydrogen-bond donors (Lipinski definition) is 2. The highest BCUT2D eigenvalue weighted by Gasteiger charge is 2.04. The summed E-state index contributed by atoms with van der Waals surface area (Å²) in [6.45, 7) is 2.29. The van der Waals surface area contributed by atoms with Gasteiger partial charge < -0.3 is 10.5 Å². The van der Waals surface area contributed by atoms with Crippen molar-refractivity contribution in [1.82, 2.24) is 4.90 Å². The summed E-state index contributed by atoms with van der Waals surface area (Å²) >= 11 is 7.52. The number of ether oxygens (including phenoxy) is 1. The molecule has 1 aromatic carbocycles. The van der Waals surface area contributed by atoms with Crippen LogP contribution in [0, 0.1) is 5.41 Å². The second-order valence-corrected chi connectivity index (χ2v) is 6.53. The Morgan fingerprint density at radius 3 is 2.57 bits per heavy atom. The van der Waals surface area contributed by atoms with Gasteiger partial charge in [0, 0.05) is 23.5 Å². The molecule has 1 aromatic heterocycles. The molecule has 0 aliphatic rings. The predicted octanol–water partition coefficient (Wildman–Crippen LogP) is 3.20. The predicted molar refractivity (Wildman–Crippen MR) is 88.6 cm³/mol. The maximum absolute atomic E-state index is 7.33. The Morgan fingerprint density at radius 1 is 1.29 bits per heavy atom. The van der Waals surface area contributed by atoms with Crippen LogP contribution in [0.1, 0.15) is 10.4 Å². The van der Waals surface area contributed by atoms with Gasteiger partial charge in [-0.2, -0.15) is 0 Å². The number of nitrogens with two attached hydrogens (primary N) is 1. The second-order valence-electron chi connectivity index (χ2n) is 4.73. The summed E-state index contributed by atoms with van der Waals surface area (Å²) in [5.74, 6) is 0.850. The molecule has 2 rings (SSSR count). The maximum atomic E-state index is 7.33. The van der Waals surface area contributed by atoms with Gasteiger partial charge in [-0.25, -0.2) is 0 Å². The minimum absolute atomic E-state index is 0.0656. The molecular formula is C15H18ClN3OS. The Balaban J connectivity index is 1.74. The quantitative estimate of drug-likeness (QED) is 0.607. The van der Waals surface area contributed by atoms with E-state index in [1.165, 1.54) is 4.88 Å². The average molecular weight is 324 g/mol. The summed E-state index contributed by atoms with van der Waals surface area (Å²) in [6, 6.07) is 11.2. The Labute approximate surface area is 133 Å². The number of nitrogens with one attached hydrogen (secondary N) is 1. The lowest BCUT2D eigenvalue weighted by molar-refractivity contribution is 0.234. The Morgan fingerprint density at radius 2 is 2.00 bits per heavy atom. The van der Waals surface area contributed by atoms with Crippen molar-refractivity contribution in [3.05, 3.63) is 51.2 Å². The largest absolute Gasteiger partial charge is 0.492 e. The van der Waals surface area contributed by atoms with Crippen LogP contribution in [0.2, 0.25) is 4.34 Å². The van der Waals surface area contributed by atoms with Gasteiger partial charge in [-0.05, 0) is 43.4 Å². The summed E-state index contributed by atoms with van der Waals surface area (Å²) in [7, 11) is 2.05. The normalized spacial score (nSPS) is 10.8. The SMILES string of the molecule is CN(CCOc1ccc(C(=N)N)cc1)Cc1ccc(Cl)s1. The number of halogens is 1. The fraction of sp³-hybridized carbons (Fsp3) is 0.267. The first-order valence-electron chi connectivity index (χ1n) is 6.54. The number of nitrogens with zero attached hydrogens (tertiary/aromatic N) is 1. The van der Waals surface area contributed by atoms with Crippen LogP contribution in [0.4, 0.5) is 0 Å². The monoisotopic (exact) mass is 323 g/mol. The Bertz CT molecular complexity index is 597. The number of likely N-dealkylation sites (N-methyl/N-ethyl adjacent to an activating group) is 1. The zero-order chi connectivity index (χ0) is 15.2. The van der Waals surface area contributed by atoms with Gasteiger partial charge in [-0.15, -0.1) is 11.3 Å². The van der Waals surface area contributed by atoms with Gasteiger partial charge >= 0.3 is 0 Å². The van der Waals surface area contributed by atoms with Crippen molar-refractivity contribution >= 4 is 28.8 Å². The number of hydrogen-bond acceptors (Lipinski definition) is 4. The first-order valence-corrected chi connectivity index (χ1v) is 7.74. The van der Waals surface area contributed by atoms with Gasteiger partial charge in [0.25, 0.3) is 0 Å². The van der Waals surface area contributed by atoms with Crippen LogP contribution < -0.4 is 10.5 Å². The number of nitrogen functional groups attached to an aromatic ring is 1. The van der Waals surface area contributed by atoms with E-state index < -0.39 is 0 Å². The van der Waals surface area contributed by atoms with E-state index in [1.54, 1.807) is 23.5 Å². The van der Waals surface area contributed by atoms with Gasteiger partial charge in [0.15, 0.2) is 0 Å². The molecule has 0 saturated carbocycles. The fourth-order valence-corrected chi connectivity index (χ4v) is 3.00. The molecule has 0 unspecified atom stereocenters. The molecule has 0 fully saturated rings. The van der Waals surface area contributed by atoms with Crippen molar-refractivity contribution in [1.29, 1.82) is 5.41 Å². The van der Waals surface area contributed by atoms with E-state index in [9.17, 15) is 0 Å². The molecular weight excluding hydrogens is 306 g/mol. The molecule has 0 bridgehead atoms. The van der Waals surface area contributed by atoms with E-state index in [4.69, 9.17) is 27.5 Å². The summed E-state index contributed by atoms with van der Waals surface area (Å²) < 4.78 is 6.50. The summed E-state index contributed by atoms with van der Waals surface area (Å²) in [4.78, 5) is 3.43. The van der Waals surface area contributed by atoms with Gasteiger partial charge in [0.1, 0.15) is 18.2 Å². The first kappa shape index (κ1) is 15.8. The second kappa shape index (κ2) is 7.45. The molecule has 0 amide bonds. The molecule has 4 nitrogen and oxygen atoms in total. The smallest absolute Gasteiger partial charge is 0.122 e. The lowest BCUT2D eigenvalue weighted by Crippen LogP contribution is -2.23. The highest BCUT2D eigenvalue weighted by molar-refractivity contribution is 7.16. The molecule has 0 atom stereocenters. The van der Waals surface area contributed by atoms with Crippen LogP contribution in [0.3, 0.4) is 0 Å². The van der Waals surface area contributed by atoms with Crippen molar-refractivity contribution in [2.24, 2.45) is 5.73 Å². The minimum atomic E-state index is 0.0656. The molecule has 0 spiro atoms. The van der Waals surface area contributed by atoms with Crippen molar-refractivity contribution in [2.75, 3.05) is 20.2 Å². The lowest BCUT2D eigenvalue weighted by atomic mass is 10.2. The van der Waals surface area contributed by atoms with E-state index in [2.05, 4.69) is 11.9 Å². The number of rotatable bonds is 7. The molecule has 3 N–H and O–H groups in total. The summed E-state index contributed by atoms with van der Waals surface area (Å²) in [6.07, 6.45) is 0. The van der Waals surface area contributed by atoms with Crippen LogP contribution in [0.15, 0.2) is 36.4 Å². The zero-order valence-corrected chi connectivity index (χ0v) is 13.4. The molecule has 21 heavy (non-hydrogen) atoms. The van der Waals surface area contributed by atoms with E-state index in [-0.39, 0.29) is 5.84 Å². The van der Waals surface area contributed by atoms with E-state index in [0.29, 0.717) is 12.2 Å². The Kier molecular flexibility index (Phi) is 5.61. The molecule has 0 aliphatic heterocycles. The molecule has 6 heteroatoms. The van der Waals surface area contributed by atoms with Crippen LogP contribution in [0.5, 0.6) is 5.75 Å². The Hall–Kier alpha value is -1.56. The van der Waals surface area contributed by atoms with Gasteiger partial charge in [0.05, 0.1) is 4.34 Å². The fourth-order valence-electron chi connectivity index (χ4n) is 1.83. The maximum Gasteiger partial charge on any atom is 0.122 e. The van der Waals surface area contributed by atoms with Gasteiger partial charge in [-0.1, -0.05) is 11.6 Å². The van der Waals surface area contributed by atoms with Crippen molar-refractivity contribution in [3.8, 4) is 5.75 Å². The minimum Gasteiger partial charge on any atom is -0.492 e.